The number of anilines is 1. The summed E-state index contributed by atoms with van der Waals surface area (Å²) in [6.07, 6.45) is 5.16. The van der Waals surface area contributed by atoms with Crippen molar-refractivity contribution in [3.63, 3.8) is 0 Å². The number of ether oxygens (including phenoxy) is 2. The summed E-state index contributed by atoms with van der Waals surface area (Å²) in [6.45, 7) is 6.00. The molecule has 0 aliphatic heterocycles. The predicted octanol–water partition coefficient (Wildman–Crippen LogP) is 5.42. The molecular weight excluding hydrogens is 338 g/mol. The number of aryl methyl sites for hydroxylation is 1. The van der Waals surface area contributed by atoms with Crippen LogP contribution in [0.1, 0.15) is 50.2 Å². The number of hydrogen-bond donors (Lipinski definition) is 1. The zero-order valence-electron chi connectivity index (χ0n) is 16.5. The summed E-state index contributed by atoms with van der Waals surface area (Å²) in [7, 11) is 0. The number of carbonyl (C=O) groups is 1. The fourth-order valence-electron chi connectivity index (χ4n) is 3.37. The van der Waals surface area contributed by atoms with Crippen LogP contribution in [-0.2, 0) is 4.79 Å². The van der Waals surface area contributed by atoms with E-state index in [1.165, 1.54) is 12.8 Å². The molecule has 27 heavy (non-hydrogen) atoms. The molecule has 0 radical (unpaired) electrons. The summed E-state index contributed by atoms with van der Waals surface area (Å²) in [5.74, 6) is 1.48. The van der Waals surface area contributed by atoms with Gasteiger partial charge in [-0.3, -0.25) is 4.79 Å². The Morgan fingerprint density at radius 2 is 1.81 bits per heavy atom. The lowest BCUT2D eigenvalue weighted by Crippen LogP contribution is -2.32. The van der Waals surface area contributed by atoms with Gasteiger partial charge in [-0.2, -0.15) is 0 Å². The van der Waals surface area contributed by atoms with Crippen molar-refractivity contribution in [1.82, 2.24) is 0 Å². The van der Waals surface area contributed by atoms with E-state index in [4.69, 9.17) is 9.47 Å². The highest BCUT2D eigenvalue weighted by Gasteiger charge is 2.20. The topological polar surface area (TPSA) is 47.6 Å². The summed E-state index contributed by atoms with van der Waals surface area (Å²) >= 11 is 0. The van der Waals surface area contributed by atoms with Crippen molar-refractivity contribution in [1.29, 1.82) is 0 Å². The van der Waals surface area contributed by atoms with Crippen molar-refractivity contribution in [3.8, 4) is 11.5 Å². The van der Waals surface area contributed by atoms with Crippen LogP contribution in [0, 0.1) is 13.8 Å². The molecule has 0 bridgehead atoms. The first kappa shape index (κ1) is 19.3. The third-order valence-corrected chi connectivity index (χ3v) is 5.21. The fourth-order valence-corrected chi connectivity index (χ4v) is 3.37. The normalized spacial score (nSPS) is 15.4. The Morgan fingerprint density at radius 1 is 1.11 bits per heavy atom. The van der Waals surface area contributed by atoms with Crippen molar-refractivity contribution in [3.05, 3.63) is 53.6 Å². The lowest BCUT2D eigenvalue weighted by atomic mass is 10.1. The maximum absolute atomic E-state index is 12.6. The van der Waals surface area contributed by atoms with Crippen LogP contribution in [-0.4, -0.2) is 18.1 Å². The van der Waals surface area contributed by atoms with Gasteiger partial charge in [-0.25, -0.2) is 0 Å². The smallest absolute Gasteiger partial charge is 0.265 e. The lowest BCUT2D eigenvalue weighted by molar-refractivity contribution is -0.122. The van der Waals surface area contributed by atoms with E-state index in [0.29, 0.717) is 12.5 Å². The van der Waals surface area contributed by atoms with Crippen LogP contribution in [0.2, 0.25) is 0 Å². The zero-order chi connectivity index (χ0) is 19.2. The molecule has 1 fully saturated rings. The maximum Gasteiger partial charge on any atom is 0.265 e. The van der Waals surface area contributed by atoms with E-state index in [0.717, 1.165) is 41.2 Å². The Morgan fingerprint density at radius 3 is 2.48 bits per heavy atom. The van der Waals surface area contributed by atoms with E-state index >= 15 is 0 Å². The summed E-state index contributed by atoms with van der Waals surface area (Å²) in [6, 6.07) is 13.5. The van der Waals surface area contributed by atoms with Gasteiger partial charge in [-0.1, -0.05) is 19.1 Å². The molecule has 0 aromatic heterocycles. The minimum absolute atomic E-state index is 0.136. The van der Waals surface area contributed by atoms with Crippen molar-refractivity contribution < 1.29 is 14.3 Å². The highest BCUT2D eigenvalue weighted by molar-refractivity contribution is 5.94. The summed E-state index contributed by atoms with van der Waals surface area (Å²) in [5, 5.41) is 2.95. The fraction of sp³-hybridized carbons (Fsp3) is 0.435. The first-order valence-electron chi connectivity index (χ1n) is 9.87. The van der Waals surface area contributed by atoms with Gasteiger partial charge in [0.25, 0.3) is 5.91 Å². The minimum Gasteiger partial charge on any atom is -0.490 e. The van der Waals surface area contributed by atoms with Gasteiger partial charge >= 0.3 is 0 Å². The van der Waals surface area contributed by atoms with Crippen LogP contribution in [0.5, 0.6) is 11.5 Å². The summed E-state index contributed by atoms with van der Waals surface area (Å²) in [4.78, 5) is 12.6. The molecule has 2 aromatic carbocycles. The molecule has 0 spiro atoms. The minimum atomic E-state index is -0.528. The second-order valence-corrected chi connectivity index (χ2v) is 7.25. The first-order valence-corrected chi connectivity index (χ1v) is 9.87. The highest BCUT2D eigenvalue weighted by Crippen LogP contribution is 2.26. The van der Waals surface area contributed by atoms with Crippen LogP contribution in [0.3, 0.4) is 0 Å². The summed E-state index contributed by atoms with van der Waals surface area (Å²) in [5.41, 5.74) is 2.97. The Hall–Kier alpha value is -2.49. The molecule has 4 heteroatoms. The molecule has 1 saturated carbocycles. The van der Waals surface area contributed by atoms with E-state index in [9.17, 15) is 4.79 Å². The molecular formula is C23H29NO3. The Balaban J connectivity index is 1.59. The van der Waals surface area contributed by atoms with Crippen molar-refractivity contribution in [2.75, 3.05) is 5.32 Å². The predicted molar refractivity (Wildman–Crippen MR) is 109 cm³/mol. The van der Waals surface area contributed by atoms with E-state index in [2.05, 4.69) is 5.32 Å². The van der Waals surface area contributed by atoms with E-state index < -0.39 is 6.10 Å². The highest BCUT2D eigenvalue weighted by atomic mass is 16.5. The molecule has 144 valence electrons. The molecule has 4 nitrogen and oxygen atoms in total. The molecule has 1 aliphatic rings. The number of carbonyl (C=O) groups excluding carboxylic acids is 1. The van der Waals surface area contributed by atoms with Crippen LogP contribution >= 0.6 is 0 Å². The van der Waals surface area contributed by atoms with Gasteiger partial charge in [0.05, 0.1) is 6.10 Å². The third-order valence-electron chi connectivity index (χ3n) is 5.21. The number of hydrogen-bond acceptors (Lipinski definition) is 3. The quantitative estimate of drug-likeness (QED) is 0.711. The number of amides is 1. The Labute approximate surface area is 161 Å². The van der Waals surface area contributed by atoms with Gasteiger partial charge in [0.1, 0.15) is 11.5 Å². The monoisotopic (exact) mass is 367 g/mol. The molecule has 1 unspecified atom stereocenters. The second kappa shape index (κ2) is 8.94. The van der Waals surface area contributed by atoms with Gasteiger partial charge in [0.15, 0.2) is 6.10 Å². The SMILES string of the molecule is CCC(Oc1cccc(C)c1C)C(=O)Nc1ccc(OC2CCCC2)cc1. The van der Waals surface area contributed by atoms with Crippen LogP contribution < -0.4 is 14.8 Å². The second-order valence-electron chi connectivity index (χ2n) is 7.25. The molecule has 1 amide bonds. The number of nitrogens with one attached hydrogen (secondary N) is 1. The molecule has 1 atom stereocenters. The molecule has 3 rings (SSSR count). The molecule has 0 saturated heterocycles. The Bertz CT molecular complexity index is 764. The first-order chi connectivity index (χ1) is 13.1. The number of rotatable bonds is 7. The van der Waals surface area contributed by atoms with E-state index in [1.807, 2.05) is 63.2 Å². The molecule has 0 heterocycles. The van der Waals surface area contributed by atoms with Crippen molar-refractivity contribution in [2.24, 2.45) is 0 Å². The summed E-state index contributed by atoms with van der Waals surface area (Å²) < 4.78 is 12.0. The van der Waals surface area contributed by atoms with Crippen LogP contribution in [0.15, 0.2) is 42.5 Å². The van der Waals surface area contributed by atoms with Gasteiger partial charge in [0.2, 0.25) is 0 Å². The van der Waals surface area contributed by atoms with Crippen LogP contribution in [0.4, 0.5) is 5.69 Å². The Kier molecular flexibility index (Phi) is 6.38. The maximum atomic E-state index is 12.6. The van der Waals surface area contributed by atoms with Crippen LogP contribution in [0.25, 0.3) is 0 Å². The largest absolute Gasteiger partial charge is 0.490 e. The third kappa shape index (κ3) is 5.03. The van der Waals surface area contributed by atoms with Gasteiger partial charge in [-0.15, -0.1) is 0 Å². The molecule has 2 aromatic rings. The lowest BCUT2D eigenvalue weighted by Gasteiger charge is -2.19. The van der Waals surface area contributed by atoms with E-state index in [1.54, 1.807) is 0 Å². The molecule has 1 aliphatic carbocycles. The standard InChI is InChI=1S/C23H29NO3/c1-4-21(27-22-11-7-8-16(2)17(22)3)23(25)24-18-12-14-20(15-13-18)26-19-9-5-6-10-19/h7-8,11-15,19,21H,4-6,9-10H2,1-3H3,(H,24,25). The average Bonchev–Trinajstić information content (AvgIpc) is 3.17. The van der Waals surface area contributed by atoms with Gasteiger partial charge < -0.3 is 14.8 Å². The zero-order valence-corrected chi connectivity index (χ0v) is 16.5. The van der Waals surface area contributed by atoms with Gasteiger partial charge in [0, 0.05) is 5.69 Å². The number of benzene rings is 2. The van der Waals surface area contributed by atoms with Gasteiger partial charge in [-0.05, 0) is 87.4 Å². The van der Waals surface area contributed by atoms with Crippen molar-refractivity contribution in [2.45, 2.75) is 65.1 Å². The average molecular weight is 367 g/mol. The molecule has 1 N–H and O–H groups in total. The van der Waals surface area contributed by atoms with E-state index in [-0.39, 0.29) is 5.91 Å². The van der Waals surface area contributed by atoms with Crippen molar-refractivity contribution >= 4 is 11.6 Å².